The third kappa shape index (κ3) is 3.98. The zero-order valence-corrected chi connectivity index (χ0v) is 13.2. The average Bonchev–Trinajstić information content (AvgIpc) is 3.28. The Hall–Kier alpha value is -1.07. The molecular formula is C14H12Cl3N3O. The van der Waals surface area contributed by atoms with Gasteiger partial charge < -0.3 is 10.1 Å². The van der Waals surface area contributed by atoms with Crippen molar-refractivity contribution in [3.8, 4) is 11.6 Å². The molecule has 110 valence electrons. The maximum absolute atomic E-state index is 6.05. The van der Waals surface area contributed by atoms with Crippen LogP contribution in [0.3, 0.4) is 0 Å². The highest BCUT2D eigenvalue weighted by molar-refractivity contribution is 6.43. The first-order valence-electron chi connectivity index (χ1n) is 6.50. The van der Waals surface area contributed by atoms with Crippen molar-refractivity contribution in [1.82, 2.24) is 15.5 Å². The Balaban J connectivity index is 1.68. The lowest BCUT2D eigenvalue weighted by Gasteiger charge is -2.08. The van der Waals surface area contributed by atoms with Crippen LogP contribution >= 0.6 is 34.8 Å². The van der Waals surface area contributed by atoms with E-state index in [1.54, 1.807) is 12.1 Å². The van der Waals surface area contributed by atoms with Crippen molar-refractivity contribution < 1.29 is 4.74 Å². The van der Waals surface area contributed by atoms with Crippen LogP contribution in [0.1, 0.15) is 18.5 Å². The SMILES string of the molecule is Clc1cc(Cl)c(Oc2ccc(CNC3CC3)nn2)cc1Cl. The summed E-state index contributed by atoms with van der Waals surface area (Å²) in [6.45, 7) is 0.714. The molecule has 0 bridgehead atoms. The van der Waals surface area contributed by atoms with Gasteiger partial charge in [-0.15, -0.1) is 5.10 Å². The molecule has 1 aliphatic carbocycles. The zero-order chi connectivity index (χ0) is 14.8. The highest BCUT2D eigenvalue weighted by Gasteiger charge is 2.20. The third-order valence-corrected chi connectivity index (χ3v) is 4.05. The number of aromatic nitrogens is 2. The van der Waals surface area contributed by atoms with Crippen molar-refractivity contribution in [1.29, 1.82) is 0 Å². The Kier molecular flexibility index (Phi) is 4.50. The Morgan fingerprint density at radius 3 is 2.48 bits per heavy atom. The minimum absolute atomic E-state index is 0.352. The number of benzene rings is 1. The minimum Gasteiger partial charge on any atom is -0.436 e. The lowest BCUT2D eigenvalue weighted by atomic mass is 10.3. The van der Waals surface area contributed by atoms with Gasteiger partial charge in [-0.3, -0.25) is 0 Å². The van der Waals surface area contributed by atoms with Gasteiger partial charge in [0.15, 0.2) is 0 Å². The molecule has 0 atom stereocenters. The Morgan fingerprint density at radius 2 is 1.81 bits per heavy atom. The van der Waals surface area contributed by atoms with E-state index >= 15 is 0 Å². The van der Waals surface area contributed by atoms with E-state index in [4.69, 9.17) is 39.5 Å². The number of nitrogens with one attached hydrogen (secondary N) is 1. The fourth-order valence-electron chi connectivity index (χ4n) is 1.73. The van der Waals surface area contributed by atoms with Crippen molar-refractivity contribution in [3.63, 3.8) is 0 Å². The van der Waals surface area contributed by atoms with E-state index in [1.807, 2.05) is 6.07 Å². The van der Waals surface area contributed by atoms with Gasteiger partial charge in [-0.2, -0.15) is 5.10 Å². The van der Waals surface area contributed by atoms with Gasteiger partial charge in [0.1, 0.15) is 5.75 Å². The van der Waals surface area contributed by atoms with E-state index in [0.717, 1.165) is 5.69 Å². The van der Waals surface area contributed by atoms with Crippen LogP contribution in [-0.2, 0) is 6.54 Å². The normalized spacial score (nSPS) is 14.2. The molecule has 1 aromatic heterocycles. The van der Waals surface area contributed by atoms with Crippen LogP contribution in [0.5, 0.6) is 11.6 Å². The fraction of sp³-hybridized carbons (Fsp3) is 0.286. The van der Waals surface area contributed by atoms with Crippen LogP contribution in [0.4, 0.5) is 0 Å². The number of hydrogen-bond acceptors (Lipinski definition) is 4. The second-order valence-electron chi connectivity index (χ2n) is 4.82. The quantitative estimate of drug-likeness (QED) is 0.812. The summed E-state index contributed by atoms with van der Waals surface area (Å²) in [5, 5.41) is 12.6. The van der Waals surface area contributed by atoms with Gasteiger partial charge in [0.25, 0.3) is 0 Å². The van der Waals surface area contributed by atoms with Crippen molar-refractivity contribution in [2.24, 2.45) is 0 Å². The van der Waals surface area contributed by atoms with Crippen LogP contribution in [0, 0.1) is 0 Å². The molecule has 3 rings (SSSR count). The van der Waals surface area contributed by atoms with Crippen LogP contribution in [0.15, 0.2) is 24.3 Å². The van der Waals surface area contributed by atoms with Crippen LogP contribution in [-0.4, -0.2) is 16.2 Å². The largest absolute Gasteiger partial charge is 0.436 e. The smallest absolute Gasteiger partial charge is 0.238 e. The predicted molar refractivity (Wildman–Crippen MR) is 83.4 cm³/mol. The van der Waals surface area contributed by atoms with E-state index in [9.17, 15) is 0 Å². The molecular weight excluding hydrogens is 333 g/mol. The molecule has 1 aromatic carbocycles. The Morgan fingerprint density at radius 1 is 1.05 bits per heavy atom. The molecule has 1 aliphatic rings. The zero-order valence-electron chi connectivity index (χ0n) is 10.9. The van der Waals surface area contributed by atoms with Crippen LogP contribution in [0.2, 0.25) is 15.1 Å². The minimum atomic E-state index is 0.352. The summed E-state index contributed by atoms with van der Waals surface area (Å²) < 4.78 is 5.57. The molecule has 0 saturated heterocycles. The number of rotatable bonds is 5. The van der Waals surface area contributed by atoms with E-state index in [2.05, 4.69) is 15.5 Å². The van der Waals surface area contributed by atoms with Crippen molar-refractivity contribution >= 4 is 34.8 Å². The first kappa shape index (κ1) is 14.9. The van der Waals surface area contributed by atoms with Gasteiger partial charge in [-0.05, 0) is 25.0 Å². The molecule has 2 aromatic rings. The number of ether oxygens (including phenoxy) is 1. The standard InChI is InChI=1S/C14H12Cl3N3O/c15-10-5-12(17)13(6-11(10)16)21-14-4-3-9(19-20-14)7-18-8-1-2-8/h3-6,8,18H,1-2,7H2. The van der Waals surface area contributed by atoms with Crippen molar-refractivity contribution in [2.75, 3.05) is 0 Å². The number of nitrogens with zero attached hydrogens (tertiary/aromatic N) is 2. The Labute approximate surface area is 137 Å². The van der Waals surface area contributed by atoms with Gasteiger partial charge in [-0.1, -0.05) is 34.8 Å². The molecule has 21 heavy (non-hydrogen) atoms. The van der Waals surface area contributed by atoms with E-state index < -0.39 is 0 Å². The van der Waals surface area contributed by atoms with E-state index in [-0.39, 0.29) is 0 Å². The summed E-state index contributed by atoms with van der Waals surface area (Å²) in [5.74, 6) is 0.745. The molecule has 1 heterocycles. The first-order chi connectivity index (χ1) is 10.1. The highest BCUT2D eigenvalue weighted by Crippen LogP contribution is 2.35. The molecule has 4 nitrogen and oxygen atoms in total. The lowest BCUT2D eigenvalue weighted by Crippen LogP contribution is -2.16. The van der Waals surface area contributed by atoms with Crippen molar-refractivity contribution in [3.05, 3.63) is 45.0 Å². The highest BCUT2D eigenvalue weighted by atomic mass is 35.5. The molecule has 0 radical (unpaired) electrons. The van der Waals surface area contributed by atoms with Crippen LogP contribution < -0.4 is 10.1 Å². The van der Waals surface area contributed by atoms with E-state index in [0.29, 0.717) is 39.3 Å². The predicted octanol–water partition coefficient (Wildman–Crippen LogP) is 4.48. The number of halogens is 3. The summed E-state index contributed by atoms with van der Waals surface area (Å²) in [6.07, 6.45) is 2.48. The molecule has 0 spiro atoms. The molecule has 1 N–H and O–H groups in total. The van der Waals surface area contributed by atoms with Crippen molar-refractivity contribution in [2.45, 2.75) is 25.4 Å². The summed E-state index contributed by atoms with van der Waals surface area (Å²) in [5.41, 5.74) is 0.870. The molecule has 1 saturated carbocycles. The third-order valence-electron chi connectivity index (χ3n) is 3.03. The molecule has 7 heteroatoms. The van der Waals surface area contributed by atoms with Gasteiger partial charge in [-0.25, -0.2) is 0 Å². The monoisotopic (exact) mass is 343 g/mol. The summed E-state index contributed by atoms with van der Waals surface area (Å²) in [4.78, 5) is 0. The van der Waals surface area contributed by atoms with E-state index in [1.165, 1.54) is 18.9 Å². The topological polar surface area (TPSA) is 47.0 Å². The molecule has 0 unspecified atom stereocenters. The molecule has 1 fully saturated rings. The van der Waals surface area contributed by atoms with Gasteiger partial charge >= 0.3 is 0 Å². The van der Waals surface area contributed by atoms with Gasteiger partial charge in [0.05, 0.1) is 20.8 Å². The summed E-state index contributed by atoms with van der Waals surface area (Å²) in [6, 6.07) is 7.33. The Bertz CT molecular complexity index is 645. The second kappa shape index (κ2) is 6.36. The molecule has 0 amide bonds. The summed E-state index contributed by atoms with van der Waals surface area (Å²) in [7, 11) is 0. The summed E-state index contributed by atoms with van der Waals surface area (Å²) >= 11 is 17.9. The average molecular weight is 345 g/mol. The van der Waals surface area contributed by atoms with Gasteiger partial charge in [0, 0.05) is 24.7 Å². The first-order valence-corrected chi connectivity index (χ1v) is 7.63. The lowest BCUT2D eigenvalue weighted by molar-refractivity contribution is 0.453. The second-order valence-corrected chi connectivity index (χ2v) is 6.04. The molecule has 0 aliphatic heterocycles. The van der Waals surface area contributed by atoms with Crippen LogP contribution in [0.25, 0.3) is 0 Å². The fourth-order valence-corrected chi connectivity index (χ4v) is 2.30. The number of hydrogen-bond donors (Lipinski definition) is 1. The maximum Gasteiger partial charge on any atom is 0.238 e. The van der Waals surface area contributed by atoms with Gasteiger partial charge in [0.2, 0.25) is 5.88 Å². The maximum atomic E-state index is 6.05.